The van der Waals surface area contributed by atoms with Gasteiger partial charge in [0.2, 0.25) is 0 Å². The molecule has 0 radical (unpaired) electrons. The van der Waals surface area contributed by atoms with Crippen molar-refractivity contribution in [3.05, 3.63) is 40.5 Å². The SMILES string of the molecule is C=Cc1ccc(S(C)(=O)=O)cc1[N+](=O)[O-]. The van der Waals surface area contributed by atoms with Crippen LogP contribution >= 0.6 is 0 Å². The van der Waals surface area contributed by atoms with Crippen LogP contribution in [0.2, 0.25) is 0 Å². The van der Waals surface area contributed by atoms with E-state index in [0.717, 1.165) is 12.3 Å². The first kappa shape index (κ1) is 11.4. The van der Waals surface area contributed by atoms with Crippen molar-refractivity contribution in [2.75, 3.05) is 6.26 Å². The number of nitro benzene ring substituents is 1. The molecule has 0 unspecified atom stereocenters. The second kappa shape index (κ2) is 3.82. The van der Waals surface area contributed by atoms with Gasteiger partial charge in [-0.1, -0.05) is 12.7 Å². The van der Waals surface area contributed by atoms with Crippen LogP contribution < -0.4 is 0 Å². The highest BCUT2D eigenvalue weighted by atomic mass is 32.2. The molecular formula is C9H9NO4S. The smallest absolute Gasteiger partial charge is 0.258 e. The highest BCUT2D eigenvalue weighted by Gasteiger charge is 2.16. The number of hydrogen-bond donors (Lipinski definition) is 0. The van der Waals surface area contributed by atoms with Crippen LogP contribution in [0, 0.1) is 10.1 Å². The van der Waals surface area contributed by atoms with Crippen LogP contribution in [-0.4, -0.2) is 19.6 Å². The van der Waals surface area contributed by atoms with Crippen molar-refractivity contribution in [2.24, 2.45) is 0 Å². The van der Waals surface area contributed by atoms with Crippen molar-refractivity contribution < 1.29 is 13.3 Å². The number of nitrogens with zero attached hydrogens (tertiary/aromatic N) is 1. The Bertz CT molecular complexity index is 519. The maximum absolute atomic E-state index is 11.2. The molecule has 1 aromatic rings. The summed E-state index contributed by atoms with van der Waals surface area (Å²) in [5, 5.41) is 10.6. The van der Waals surface area contributed by atoms with Gasteiger partial charge in [0.1, 0.15) is 0 Å². The van der Waals surface area contributed by atoms with E-state index < -0.39 is 14.8 Å². The quantitative estimate of drug-likeness (QED) is 0.581. The summed E-state index contributed by atoms with van der Waals surface area (Å²) < 4.78 is 22.3. The summed E-state index contributed by atoms with van der Waals surface area (Å²) in [6.07, 6.45) is 2.31. The minimum absolute atomic E-state index is 0.0696. The van der Waals surface area contributed by atoms with Gasteiger partial charge < -0.3 is 0 Å². The number of sulfone groups is 1. The largest absolute Gasteiger partial charge is 0.277 e. The minimum Gasteiger partial charge on any atom is -0.258 e. The molecule has 80 valence electrons. The standard InChI is InChI=1S/C9H9NO4S/c1-3-7-4-5-8(15(2,13)14)6-9(7)10(11)12/h3-6H,1H2,2H3. The van der Waals surface area contributed by atoms with Crippen molar-refractivity contribution in [3.8, 4) is 0 Å². The molecule has 0 aromatic heterocycles. The molecule has 1 aromatic carbocycles. The predicted molar refractivity (Wildman–Crippen MR) is 56.3 cm³/mol. The summed E-state index contributed by atoms with van der Waals surface area (Å²) in [6.45, 7) is 3.41. The molecule has 0 saturated carbocycles. The molecule has 0 fully saturated rings. The van der Waals surface area contributed by atoms with E-state index in [9.17, 15) is 18.5 Å². The average Bonchev–Trinajstić information content (AvgIpc) is 2.15. The normalized spacial score (nSPS) is 11.0. The maximum atomic E-state index is 11.2. The molecule has 15 heavy (non-hydrogen) atoms. The van der Waals surface area contributed by atoms with Gasteiger partial charge in [-0.25, -0.2) is 8.42 Å². The summed E-state index contributed by atoms with van der Waals surface area (Å²) in [4.78, 5) is 9.92. The molecule has 0 aliphatic heterocycles. The Morgan fingerprint density at radius 1 is 1.47 bits per heavy atom. The van der Waals surface area contributed by atoms with Crippen molar-refractivity contribution in [2.45, 2.75) is 4.90 Å². The molecule has 0 saturated heterocycles. The number of benzene rings is 1. The molecule has 5 nitrogen and oxygen atoms in total. The van der Waals surface area contributed by atoms with Gasteiger partial charge in [0.15, 0.2) is 9.84 Å². The Kier molecular flexibility index (Phi) is 2.90. The lowest BCUT2D eigenvalue weighted by Gasteiger charge is -2.00. The molecule has 0 bridgehead atoms. The number of nitro groups is 1. The molecule has 6 heteroatoms. The van der Waals surface area contributed by atoms with Crippen molar-refractivity contribution >= 4 is 21.6 Å². The van der Waals surface area contributed by atoms with E-state index in [0.29, 0.717) is 5.56 Å². The van der Waals surface area contributed by atoms with Crippen molar-refractivity contribution in [1.29, 1.82) is 0 Å². The predicted octanol–water partition coefficient (Wildman–Crippen LogP) is 1.64. The Hall–Kier alpha value is -1.69. The van der Waals surface area contributed by atoms with Crippen LogP contribution in [-0.2, 0) is 9.84 Å². The topological polar surface area (TPSA) is 77.3 Å². The minimum atomic E-state index is -3.42. The van der Waals surface area contributed by atoms with E-state index >= 15 is 0 Å². The fourth-order valence-electron chi connectivity index (χ4n) is 1.08. The molecule has 0 atom stereocenters. The zero-order valence-electron chi connectivity index (χ0n) is 8.00. The van der Waals surface area contributed by atoms with E-state index in [-0.39, 0.29) is 10.6 Å². The zero-order chi connectivity index (χ0) is 11.6. The molecule has 0 aliphatic carbocycles. The van der Waals surface area contributed by atoms with Crippen molar-refractivity contribution in [1.82, 2.24) is 0 Å². The summed E-state index contributed by atoms with van der Waals surface area (Å²) >= 11 is 0. The Morgan fingerprint density at radius 3 is 2.47 bits per heavy atom. The highest BCUT2D eigenvalue weighted by Crippen LogP contribution is 2.23. The summed E-state index contributed by atoms with van der Waals surface area (Å²) in [6, 6.07) is 3.72. The summed E-state index contributed by atoms with van der Waals surface area (Å²) in [7, 11) is -3.42. The lowest BCUT2D eigenvalue weighted by atomic mass is 10.2. The molecular weight excluding hydrogens is 218 g/mol. The van der Waals surface area contributed by atoms with Gasteiger partial charge in [0.05, 0.1) is 15.4 Å². The lowest BCUT2D eigenvalue weighted by Crippen LogP contribution is -1.99. The van der Waals surface area contributed by atoms with E-state index in [4.69, 9.17) is 0 Å². The second-order valence-electron chi connectivity index (χ2n) is 2.95. The molecule has 0 aliphatic rings. The highest BCUT2D eigenvalue weighted by molar-refractivity contribution is 7.90. The molecule has 0 spiro atoms. The lowest BCUT2D eigenvalue weighted by molar-refractivity contribution is -0.385. The third-order valence-corrected chi connectivity index (χ3v) is 2.96. The van der Waals surface area contributed by atoms with Gasteiger partial charge >= 0.3 is 0 Å². The van der Waals surface area contributed by atoms with Crippen LogP contribution in [0.4, 0.5) is 5.69 Å². The Morgan fingerprint density at radius 2 is 2.07 bits per heavy atom. The fraction of sp³-hybridized carbons (Fsp3) is 0.111. The van der Waals surface area contributed by atoms with Crippen LogP contribution in [0.5, 0.6) is 0 Å². The summed E-state index contributed by atoms with van der Waals surface area (Å²) in [5.41, 5.74) is 0.0420. The van der Waals surface area contributed by atoms with Gasteiger partial charge in [-0.05, 0) is 12.1 Å². The van der Waals surface area contributed by atoms with Gasteiger partial charge in [0.25, 0.3) is 5.69 Å². The van der Waals surface area contributed by atoms with Crippen LogP contribution in [0.1, 0.15) is 5.56 Å². The van der Waals surface area contributed by atoms with E-state index in [2.05, 4.69) is 6.58 Å². The molecule has 0 N–H and O–H groups in total. The van der Waals surface area contributed by atoms with E-state index in [1.165, 1.54) is 18.2 Å². The molecule has 1 rings (SSSR count). The van der Waals surface area contributed by atoms with Crippen LogP contribution in [0.3, 0.4) is 0 Å². The van der Waals surface area contributed by atoms with Gasteiger partial charge in [-0.3, -0.25) is 10.1 Å². The number of hydrogen-bond acceptors (Lipinski definition) is 4. The zero-order valence-corrected chi connectivity index (χ0v) is 8.82. The molecule has 0 heterocycles. The van der Waals surface area contributed by atoms with Gasteiger partial charge in [-0.15, -0.1) is 0 Å². The van der Waals surface area contributed by atoms with Gasteiger partial charge in [-0.2, -0.15) is 0 Å². The molecule has 0 amide bonds. The number of rotatable bonds is 3. The average molecular weight is 227 g/mol. The van der Waals surface area contributed by atoms with E-state index in [1.807, 2.05) is 0 Å². The first-order valence-electron chi connectivity index (χ1n) is 3.97. The Balaban J connectivity index is 3.48. The monoisotopic (exact) mass is 227 g/mol. The summed E-state index contributed by atoms with van der Waals surface area (Å²) in [5.74, 6) is 0. The fourth-order valence-corrected chi connectivity index (χ4v) is 1.73. The van der Waals surface area contributed by atoms with Crippen LogP contribution in [0.25, 0.3) is 6.08 Å². The first-order valence-corrected chi connectivity index (χ1v) is 5.86. The van der Waals surface area contributed by atoms with Gasteiger partial charge in [0, 0.05) is 12.3 Å². The van der Waals surface area contributed by atoms with Crippen molar-refractivity contribution in [3.63, 3.8) is 0 Å². The third kappa shape index (κ3) is 2.41. The second-order valence-corrected chi connectivity index (χ2v) is 4.97. The van der Waals surface area contributed by atoms with E-state index in [1.54, 1.807) is 0 Å². The first-order chi connectivity index (χ1) is 6.86. The van der Waals surface area contributed by atoms with Crippen LogP contribution in [0.15, 0.2) is 29.7 Å². The third-order valence-electron chi connectivity index (χ3n) is 1.85. The Labute approximate surface area is 87.1 Å². The maximum Gasteiger partial charge on any atom is 0.277 e.